The van der Waals surface area contributed by atoms with Crippen LogP contribution >= 0.6 is 11.8 Å². The van der Waals surface area contributed by atoms with Gasteiger partial charge in [-0.25, -0.2) is 0 Å². The first kappa shape index (κ1) is 12.0. The van der Waals surface area contributed by atoms with Gasteiger partial charge in [-0.05, 0) is 25.0 Å². The smallest absolute Gasteiger partial charge is 0.157 e. The maximum atomic E-state index is 4.67. The van der Waals surface area contributed by atoms with Crippen LogP contribution in [0.15, 0.2) is 29.4 Å². The van der Waals surface area contributed by atoms with E-state index in [0.29, 0.717) is 5.54 Å². The monoisotopic (exact) mass is 261 g/mol. The third kappa shape index (κ3) is 2.69. The van der Waals surface area contributed by atoms with E-state index in [9.17, 15) is 0 Å². The van der Waals surface area contributed by atoms with Crippen LogP contribution in [0.2, 0.25) is 0 Å². The molecule has 0 atom stereocenters. The summed E-state index contributed by atoms with van der Waals surface area (Å²) in [5.41, 5.74) is 1.51. The Morgan fingerprint density at radius 3 is 3.00 bits per heavy atom. The summed E-state index contributed by atoms with van der Waals surface area (Å²) in [6.45, 7) is 0.836. The molecule has 1 N–H and O–H groups in total. The van der Waals surface area contributed by atoms with Crippen molar-refractivity contribution in [2.45, 2.75) is 37.6 Å². The van der Waals surface area contributed by atoms with Gasteiger partial charge in [-0.3, -0.25) is 9.98 Å². The van der Waals surface area contributed by atoms with E-state index in [1.807, 2.05) is 30.1 Å². The third-order valence-corrected chi connectivity index (χ3v) is 4.97. The lowest BCUT2D eigenvalue weighted by Crippen LogP contribution is -2.40. The van der Waals surface area contributed by atoms with Crippen molar-refractivity contribution in [3.63, 3.8) is 0 Å². The highest BCUT2D eigenvalue weighted by molar-refractivity contribution is 8.14. The molecule has 96 valence electrons. The first-order chi connectivity index (χ1) is 8.86. The highest BCUT2D eigenvalue weighted by Crippen LogP contribution is 2.37. The summed E-state index contributed by atoms with van der Waals surface area (Å²) in [4.78, 5) is 8.98. The molecule has 4 heteroatoms. The summed E-state index contributed by atoms with van der Waals surface area (Å²) in [7, 11) is 0. The van der Waals surface area contributed by atoms with Crippen molar-refractivity contribution in [2.24, 2.45) is 4.99 Å². The zero-order chi connectivity index (χ0) is 12.3. The zero-order valence-corrected chi connectivity index (χ0v) is 11.4. The molecule has 3 rings (SSSR count). The van der Waals surface area contributed by atoms with E-state index < -0.39 is 0 Å². The molecule has 1 aromatic heterocycles. The van der Waals surface area contributed by atoms with E-state index in [2.05, 4.69) is 21.4 Å². The predicted octanol–water partition coefficient (Wildman–Crippen LogP) is 2.63. The zero-order valence-electron chi connectivity index (χ0n) is 10.6. The van der Waals surface area contributed by atoms with E-state index >= 15 is 0 Å². The molecule has 0 amide bonds. The first-order valence-corrected chi connectivity index (χ1v) is 7.70. The summed E-state index contributed by atoms with van der Waals surface area (Å²) in [6, 6.07) is 6.05. The predicted molar refractivity (Wildman–Crippen MR) is 77.0 cm³/mol. The van der Waals surface area contributed by atoms with Crippen molar-refractivity contribution in [1.82, 2.24) is 10.3 Å². The molecule has 1 spiro atoms. The number of hydrogen-bond donors (Lipinski definition) is 1. The molecule has 1 aliphatic carbocycles. The Kier molecular flexibility index (Phi) is 3.55. The molecule has 1 aliphatic heterocycles. The molecular weight excluding hydrogens is 242 g/mol. The fraction of sp³-hybridized carbons (Fsp3) is 0.571. The Balaban J connectivity index is 1.52. The number of thioether (sulfide) groups is 1. The van der Waals surface area contributed by atoms with Crippen molar-refractivity contribution < 1.29 is 0 Å². The van der Waals surface area contributed by atoms with Crippen LogP contribution < -0.4 is 5.32 Å². The second-order valence-corrected chi connectivity index (χ2v) is 6.12. The number of hydrogen-bond acceptors (Lipinski definition) is 3. The second-order valence-electron chi connectivity index (χ2n) is 5.16. The molecule has 0 radical (unpaired) electrons. The van der Waals surface area contributed by atoms with Crippen molar-refractivity contribution in [3.8, 4) is 0 Å². The van der Waals surface area contributed by atoms with Crippen molar-refractivity contribution in [2.75, 3.05) is 12.3 Å². The summed E-state index contributed by atoms with van der Waals surface area (Å²) in [5, 5.41) is 4.79. The summed E-state index contributed by atoms with van der Waals surface area (Å²) in [6.07, 6.45) is 8.15. The average molecular weight is 261 g/mol. The quantitative estimate of drug-likeness (QED) is 0.909. The molecule has 0 bridgehead atoms. The Labute approximate surface area is 112 Å². The van der Waals surface area contributed by atoms with Gasteiger partial charge in [0.15, 0.2) is 5.17 Å². The van der Waals surface area contributed by atoms with Gasteiger partial charge in [0, 0.05) is 36.1 Å². The van der Waals surface area contributed by atoms with Crippen molar-refractivity contribution in [1.29, 1.82) is 0 Å². The Morgan fingerprint density at radius 2 is 2.22 bits per heavy atom. The van der Waals surface area contributed by atoms with E-state index in [0.717, 1.165) is 23.8 Å². The summed E-state index contributed by atoms with van der Waals surface area (Å²) < 4.78 is 0. The second kappa shape index (κ2) is 5.31. The van der Waals surface area contributed by atoms with Crippen LogP contribution in [0.5, 0.6) is 0 Å². The first-order valence-electron chi connectivity index (χ1n) is 6.72. The van der Waals surface area contributed by atoms with Crippen LogP contribution in [-0.2, 0) is 6.42 Å². The van der Waals surface area contributed by atoms with Gasteiger partial charge in [0.2, 0.25) is 0 Å². The molecule has 0 unspecified atom stereocenters. The number of aromatic nitrogens is 1. The minimum atomic E-state index is 0.383. The molecule has 3 nitrogen and oxygen atoms in total. The SMILES string of the molecule is c1ccc(CCN=C2NC3(CCCC3)CS2)nc1. The van der Waals surface area contributed by atoms with Crippen LogP contribution in [0.1, 0.15) is 31.4 Å². The number of pyridine rings is 1. The number of aliphatic imine (C=N–C) groups is 1. The van der Waals surface area contributed by atoms with Gasteiger partial charge in [-0.1, -0.05) is 30.7 Å². The Hall–Kier alpha value is -1.03. The van der Waals surface area contributed by atoms with Crippen LogP contribution in [0.3, 0.4) is 0 Å². The molecule has 0 aromatic carbocycles. The number of nitrogens with zero attached hydrogens (tertiary/aromatic N) is 2. The summed E-state index contributed by atoms with van der Waals surface area (Å²) in [5.74, 6) is 1.20. The maximum Gasteiger partial charge on any atom is 0.157 e. The van der Waals surface area contributed by atoms with Crippen molar-refractivity contribution >= 4 is 16.9 Å². The minimum absolute atomic E-state index is 0.383. The topological polar surface area (TPSA) is 37.3 Å². The van der Waals surface area contributed by atoms with E-state index in [1.54, 1.807) is 0 Å². The lowest BCUT2D eigenvalue weighted by atomic mass is 10.0. The lowest BCUT2D eigenvalue weighted by molar-refractivity contribution is 0.452. The molecular formula is C14H19N3S. The van der Waals surface area contributed by atoms with E-state index in [-0.39, 0.29) is 0 Å². The van der Waals surface area contributed by atoms with Crippen molar-refractivity contribution in [3.05, 3.63) is 30.1 Å². The molecule has 2 aliphatic rings. The lowest BCUT2D eigenvalue weighted by Gasteiger charge is -2.21. The molecule has 1 aromatic rings. The fourth-order valence-corrected chi connectivity index (χ4v) is 3.97. The van der Waals surface area contributed by atoms with Gasteiger partial charge < -0.3 is 5.32 Å². The van der Waals surface area contributed by atoms with E-state index in [4.69, 9.17) is 0 Å². The molecule has 18 heavy (non-hydrogen) atoms. The number of amidine groups is 1. The Bertz CT molecular complexity index is 424. The maximum absolute atomic E-state index is 4.67. The average Bonchev–Trinajstić information content (AvgIpc) is 3.02. The van der Waals surface area contributed by atoms with Gasteiger partial charge in [0.1, 0.15) is 0 Å². The van der Waals surface area contributed by atoms with E-state index in [1.165, 1.54) is 31.4 Å². The van der Waals surface area contributed by atoms with Gasteiger partial charge in [0.25, 0.3) is 0 Å². The minimum Gasteiger partial charge on any atom is -0.359 e. The standard InChI is InChI=1S/C14H19N3S/c1-4-9-15-12(5-1)6-10-16-13-17-14(11-18-13)7-2-3-8-14/h1,4-5,9H,2-3,6-8,10-11H2,(H,16,17). The molecule has 1 saturated carbocycles. The third-order valence-electron chi connectivity index (χ3n) is 3.77. The van der Waals surface area contributed by atoms with Crippen LogP contribution in [0.4, 0.5) is 0 Å². The molecule has 1 saturated heterocycles. The van der Waals surface area contributed by atoms with Crippen LogP contribution in [0, 0.1) is 0 Å². The van der Waals surface area contributed by atoms with Crippen LogP contribution in [0.25, 0.3) is 0 Å². The molecule has 2 heterocycles. The largest absolute Gasteiger partial charge is 0.359 e. The van der Waals surface area contributed by atoms with Gasteiger partial charge in [0.05, 0.1) is 0 Å². The van der Waals surface area contributed by atoms with Crippen LogP contribution in [-0.4, -0.2) is 28.0 Å². The normalized spacial score (nSPS) is 23.7. The number of rotatable bonds is 3. The Morgan fingerprint density at radius 1 is 1.33 bits per heavy atom. The van der Waals surface area contributed by atoms with Gasteiger partial charge >= 0.3 is 0 Å². The van der Waals surface area contributed by atoms with Gasteiger partial charge in [-0.2, -0.15) is 0 Å². The highest BCUT2D eigenvalue weighted by atomic mass is 32.2. The summed E-state index contributed by atoms with van der Waals surface area (Å²) >= 11 is 1.89. The molecule has 2 fully saturated rings. The number of nitrogens with one attached hydrogen (secondary N) is 1. The highest BCUT2D eigenvalue weighted by Gasteiger charge is 2.39. The fourth-order valence-electron chi connectivity index (χ4n) is 2.73. The van der Waals surface area contributed by atoms with Gasteiger partial charge in [-0.15, -0.1) is 0 Å².